The number of hydrogen-bond donors (Lipinski definition) is 1. The van der Waals surface area contributed by atoms with Gasteiger partial charge in [0.2, 0.25) is 0 Å². The van der Waals surface area contributed by atoms with Crippen molar-refractivity contribution in [3.05, 3.63) is 34.9 Å². The van der Waals surface area contributed by atoms with Crippen molar-refractivity contribution in [2.75, 3.05) is 11.9 Å². The van der Waals surface area contributed by atoms with Crippen LogP contribution in [0.25, 0.3) is 0 Å². The van der Waals surface area contributed by atoms with Crippen molar-refractivity contribution < 1.29 is 0 Å². The average molecular weight is 247 g/mol. The topological polar surface area (TPSA) is 53.0 Å². The highest BCUT2D eigenvalue weighted by Gasteiger charge is 2.25. The van der Waals surface area contributed by atoms with E-state index in [0.717, 1.165) is 15.6 Å². The minimum Gasteiger partial charge on any atom is -0.389 e. The molecule has 0 aromatic heterocycles. The van der Waals surface area contributed by atoms with Gasteiger partial charge in [-0.15, -0.1) is 0 Å². The Morgan fingerprint density at radius 1 is 1.50 bits per heavy atom. The lowest BCUT2D eigenvalue weighted by molar-refractivity contribution is 1.17. The number of nitrogens with zero attached hydrogens (tertiary/aromatic N) is 2. The summed E-state index contributed by atoms with van der Waals surface area (Å²) < 4.78 is 0. The van der Waals surface area contributed by atoms with Crippen molar-refractivity contribution in [3.63, 3.8) is 0 Å². The zero-order chi connectivity index (χ0) is 11.7. The summed E-state index contributed by atoms with van der Waals surface area (Å²) in [5.41, 5.74) is 6.98. The van der Waals surface area contributed by atoms with Crippen molar-refractivity contribution in [2.24, 2.45) is 5.73 Å². The van der Waals surface area contributed by atoms with Gasteiger partial charge in [0.25, 0.3) is 0 Å². The first-order valence-electron chi connectivity index (χ1n) is 4.60. The van der Waals surface area contributed by atoms with Gasteiger partial charge in [-0.25, -0.2) is 0 Å². The van der Waals surface area contributed by atoms with E-state index in [1.165, 1.54) is 11.8 Å². The molecule has 1 aromatic rings. The maximum atomic E-state index is 9.04. The second-order valence-corrected chi connectivity index (χ2v) is 4.76. The Bertz CT molecular complexity index is 528. The van der Waals surface area contributed by atoms with Gasteiger partial charge in [-0.05, 0) is 12.1 Å². The van der Waals surface area contributed by atoms with Crippen molar-refractivity contribution in [1.29, 1.82) is 5.26 Å². The maximum Gasteiger partial charge on any atom is 0.117 e. The summed E-state index contributed by atoms with van der Waals surface area (Å²) >= 11 is 6.39. The fraction of sp³-hybridized carbons (Fsp3) is 0.0909. The maximum absolute atomic E-state index is 9.04. The minimum atomic E-state index is 0.143. The molecule has 0 aliphatic carbocycles. The number of rotatable bonds is 1. The molecule has 2 N–H and O–H groups in total. The molecule has 0 amide bonds. The summed E-state index contributed by atoms with van der Waals surface area (Å²) in [4.78, 5) is 3.20. The third kappa shape index (κ3) is 1.66. The summed E-state index contributed by atoms with van der Waals surface area (Å²) in [6, 6.07) is 10.0. The Balaban J connectivity index is 2.53. The Morgan fingerprint density at radius 2 is 2.19 bits per heavy atom. The summed E-state index contributed by atoms with van der Waals surface area (Å²) in [5.74, 6) is 0. The molecular formula is C11H9N3S2. The van der Waals surface area contributed by atoms with E-state index in [4.69, 9.17) is 23.2 Å². The number of fused-ring (bicyclic) bond motifs is 1. The molecule has 1 aliphatic heterocycles. The van der Waals surface area contributed by atoms with Crippen molar-refractivity contribution in [2.45, 2.75) is 4.90 Å². The number of benzene rings is 1. The molecule has 1 aliphatic rings. The van der Waals surface area contributed by atoms with E-state index in [0.29, 0.717) is 5.57 Å². The molecule has 5 heteroatoms. The van der Waals surface area contributed by atoms with E-state index in [-0.39, 0.29) is 4.99 Å². The third-order valence-corrected chi connectivity index (χ3v) is 3.75. The van der Waals surface area contributed by atoms with E-state index >= 15 is 0 Å². The van der Waals surface area contributed by atoms with Crippen LogP contribution in [0.3, 0.4) is 0 Å². The van der Waals surface area contributed by atoms with Gasteiger partial charge in [0, 0.05) is 11.9 Å². The molecule has 0 radical (unpaired) electrons. The van der Waals surface area contributed by atoms with Gasteiger partial charge in [-0.2, -0.15) is 5.26 Å². The van der Waals surface area contributed by atoms with Gasteiger partial charge in [0.15, 0.2) is 0 Å². The van der Waals surface area contributed by atoms with Crippen LogP contribution in [0, 0.1) is 11.3 Å². The van der Waals surface area contributed by atoms with Crippen molar-refractivity contribution >= 4 is 34.7 Å². The van der Waals surface area contributed by atoms with Gasteiger partial charge in [-0.3, -0.25) is 0 Å². The normalized spacial score (nSPS) is 16.6. The van der Waals surface area contributed by atoms with Gasteiger partial charge in [-0.1, -0.05) is 36.1 Å². The lowest BCUT2D eigenvalue weighted by atomic mass is 10.3. The van der Waals surface area contributed by atoms with Crippen LogP contribution in [0.4, 0.5) is 5.69 Å². The molecule has 0 saturated carbocycles. The molecular weight excluding hydrogens is 238 g/mol. The fourth-order valence-corrected chi connectivity index (χ4v) is 2.89. The third-order valence-electron chi connectivity index (χ3n) is 2.31. The molecule has 0 atom stereocenters. The minimum absolute atomic E-state index is 0.143. The molecule has 0 spiro atoms. The molecule has 0 unspecified atom stereocenters. The second kappa shape index (κ2) is 4.16. The molecule has 16 heavy (non-hydrogen) atoms. The van der Waals surface area contributed by atoms with Gasteiger partial charge in [0.1, 0.15) is 21.7 Å². The van der Waals surface area contributed by atoms with E-state index in [9.17, 15) is 0 Å². The number of nitrogens with two attached hydrogens (primary N) is 1. The van der Waals surface area contributed by atoms with Crippen LogP contribution < -0.4 is 10.6 Å². The second-order valence-electron chi connectivity index (χ2n) is 3.29. The smallest absolute Gasteiger partial charge is 0.117 e. The number of hydrogen-bond acceptors (Lipinski definition) is 4. The van der Waals surface area contributed by atoms with Crippen LogP contribution in [-0.4, -0.2) is 12.0 Å². The molecule has 0 saturated heterocycles. The van der Waals surface area contributed by atoms with Crippen molar-refractivity contribution in [3.8, 4) is 6.07 Å². The Labute approximate surface area is 104 Å². The van der Waals surface area contributed by atoms with Crippen LogP contribution in [0.1, 0.15) is 0 Å². The quantitative estimate of drug-likeness (QED) is 0.468. The number of anilines is 1. The lowest BCUT2D eigenvalue weighted by Gasteiger charge is -2.14. The standard InChI is InChI=1S/C11H9N3S2/c1-14-8-4-2-3-5-9(8)16-11(14)7(6-12)10(13)15/h2-5H,1H3,(H2,13,15)/b11-7+. The van der Waals surface area contributed by atoms with Crippen LogP contribution in [0.2, 0.25) is 0 Å². The Hall–Kier alpha value is -1.51. The molecule has 3 nitrogen and oxygen atoms in total. The monoisotopic (exact) mass is 247 g/mol. The Morgan fingerprint density at radius 3 is 2.75 bits per heavy atom. The molecule has 0 bridgehead atoms. The Kier molecular flexibility index (Phi) is 2.86. The molecule has 2 rings (SSSR count). The van der Waals surface area contributed by atoms with E-state index in [1.54, 1.807) is 0 Å². The van der Waals surface area contributed by atoms with E-state index in [2.05, 4.69) is 6.07 Å². The molecule has 80 valence electrons. The fourth-order valence-electron chi connectivity index (χ4n) is 1.53. The van der Waals surface area contributed by atoms with Crippen LogP contribution in [-0.2, 0) is 0 Å². The highest BCUT2D eigenvalue weighted by Crippen LogP contribution is 2.45. The number of thiocarbonyl (C=S) groups is 1. The van der Waals surface area contributed by atoms with Crippen LogP contribution >= 0.6 is 24.0 Å². The molecule has 1 aromatic carbocycles. The average Bonchev–Trinajstić information content (AvgIpc) is 2.58. The van der Waals surface area contributed by atoms with Crippen LogP contribution in [0.5, 0.6) is 0 Å². The number of nitriles is 1. The molecule has 0 fully saturated rings. The van der Waals surface area contributed by atoms with E-state index < -0.39 is 0 Å². The number of para-hydroxylation sites is 1. The molecule has 1 heterocycles. The predicted molar refractivity (Wildman–Crippen MR) is 70.1 cm³/mol. The highest BCUT2D eigenvalue weighted by molar-refractivity contribution is 8.03. The first kappa shape index (κ1) is 11.0. The number of thioether (sulfide) groups is 1. The summed E-state index contributed by atoms with van der Waals surface area (Å²) in [6.45, 7) is 0. The first-order valence-corrected chi connectivity index (χ1v) is 5.82. The predicted octanol–water partition coefficient (Wildman–Crippen LogP) is 2.25. The SMILES string of the molecule is CN1/C(=C(/C#N)C(N)=S)Sc2ccccc21. The zero-order valence-corrected chi connectivity index (χ0v) is 10.2. The summed E-state index contributed by atoms with van der Waals surface area (Å²) in [7, 11) is 1.91. The summed E-state index contributed by atoms with van der Waals surface area (Å²) in [5, 5.41) is 9.84. The largest absolute Gasteiger partial charge is 0.389 e. The van der Waals surface area contributed by atoms with Crippen LogP contribution in [0.15, 0.2) is 39.8 Å². The summed E-state index contributed by atoms with van der Waals surface area (Å²) in [6.07, 6.45) is 0. The zero-order valence-electron chi connectivity index (χ0n) is 8.60. The lowest BCUT2D eigenvalue weighted by Crippen LogP contribution is -2.18. The van der Waals surface area contributed by atoms with Gasteiger partial charge < -0.3 is 10.6 Å². The van der Waals surface area contributed by atoms with Crippen molar-refractivity contribution in [1.82, 2.24) is 0 Å². The van der Waals surface area contributed by atoms with E-state index in [1.807, 2.05) is 36.2 Å². The van der Waals surface area contributed by atoms with Gasteiger partial charge >= 0.3 is 0 Å². The first-order chi connectivity index (χ1) is 7.65. The highest BCUT2D eigenvalue weighted by atomic mass is 32.2. The van der Waals surface area contributed by atoms with Gasteiger partial charge in [0.05, 0.1) is 5.69 Å².